The summed E-state index contributed by atoms with van der Waals surface area (Å²) in [5, 5.41) is 9.38. The van der Waals surface area contributed by atoms with E-state index >= 15 is 0 Å². The molecule has 1 aromatic heterocycles. The van der Waals surface area contributed by atoms with Gasteiger partial charge in [0.25, 0.3) is 5.56 Å². The zero-order valence-corrected chi connectivity index (χ0v) is 15.4. The van der Waals surface area contributed by atoms with Crippen molar-refractivity contribution in [3.63, 3.8) is 0 Å². The molecule has 0 bridgehead atoms. The first-order chi connectivity index (χ1) is 12.7. The Bertz CT molecular complexity index is 921. The van der Waals surface area contributed by atoms with Crippen LogP contribution in [0.25, 0.3) is 10.1 Å². The number of carboxylic acid groups (broad SMARTS) is 1. The van der Waals surface area contributed by atoms with Gasteiger partial charge in [0.05, 0.1) is 21.2 Å². The van der Waals surface area contributed by atoms with Crippen molar-refractivity contribution < 1.29 is 23.1 Å². The van der Waals surface area contributed by atoms with Crippen molar-refractivity contribution in [2.24, 2.45) is 0 Å². The summed E-state index contributed by atoms with van der Waals surface area (Å²) in [5.74, 6) is -1.51. The van der Waals surface area contributed by atoms with Gasteiger partial charge in [-0.3, -0.25) is 9.69 Å². The van der Waals surface area contributed by atoms with Crippen molar-refractivity contribution in [2.75, 3.05) is 37.6 Å². The first-order valence-electron chi connectivity index (χ1n) is 8.47. The number of benzene rings is 1. The van der Waals surface area contributed by atoms with E-state index in [-0.39, 0.29) is 10.1 Å². The topological polar surface area (TPSA) is 73.7 Å². The molecule has 2 aromatic rings. The van der Waals surface area contributed by atoms with Crippen molar-refractivity contribution in [3.05, 3.63) is 33.6 Å². The Hall–Kier alpha value is -2.20. The zero-order valence-electron chi connectivity index (χ0n) is 14.5. The molecular weight excluding hydrogens is 383 g/mol. The summed E-state index contributed by atoms with van der Waals surface area (Å²) < 4.78 is 39.1. The number of alkyl halides is 3. The van der Waals surface area contributed by atoms with Crippen LogP contribution in [0.5, 0.6) is 0 Å². The number of carbonyl (C=O) groups is 1. The monoisotopic (exact) mass is 401 g/mol. The molecule has 0 spiro atoms. The molecule has 0 radical (unpaired) electrons. The van der Waals surface area contributed by atoms with Gasteiger partial charge in [-0.1, -0.05) is 18.3 Å². The maximum absolute atomic E-state index is 13.0. The molecule has 1 aromatic carbocycles. The molecule has 0 atom stereocenters. The number of nitrogens with zero attached hydrogens (tertiary/aromatic N) is 3. The van der Waals surface area contributed by atoms with Crippen LogP contribution in [0.4, 0.5) is 18.3 Å². The van der Waals surface area contributed by atoms with E-state index in [4.69, 9.17) is 0 Å². The quantitative estimate of drug-likeness (QED) is 0.849. The van der Waals surface area contributed by atoms with Crippen molar-refractivity contribution >= 4 is 32.5 Å². The number of piperazine rings is 1. The molecule has 6 nitrogen and oxygen atoms in total. The average Bonchev–Trinajstić information content (AvgIpc) is 2.61. The molecule has 1 N–H and O–H groups in total. The van der Waals surface area contributed by atoms with E-state index in [0.29, 0.717) is 30.4 Å². The van der Waals surface area contributed by atoms with Crippen molar-refractivity contribution in [3.8, 4) is 0 Å². The van der Waals surface area contributed by atoms with Crippen molar-refractivity contribution in [2.45, 2.75) is 19.5 Å². The summed E-state index contributed by atoms with van der Waals surface area (Å²) in [6.45, 7) is 5.87. The Labute approximate surface area is 156 Å². The lowest BCUT2D eigenvalue weighted by Gasteiger charge is -2.34. The van der Waals surface area contributed by atoms with Crippen LogP contribution in [0, 0.1) is 0 Å². The normalized spacial score (nSPS) is 16.1. The number of aromatic carboxylic acids is 1. The Kier molecular flexibility index (Phi) is 5.38. The minimum absolute atomic E-state index is 0.0153. The van der Waals surface area contributed by atoms with Crippen LogP contribution in [-0.2, 0) is 6.18 Å². The maximum Gasteiger partial charge on any atom is 0.416 e. The van der Waals surface area contributed by atoms with E-state index in [9.17, 15) is 27.9 Å². The second-order valence-corrected chi connectivity index (χ2v) is 7.31. The summed E-state index contributed by atoms with van der Waals surface area (Å²) in [7, 11) is 0. The van der Waals surface area contributed by atoms with E-state index in [0.717, 1.165) is 37.4 Å². The third-order valence-corrected chi connectivity index (χ3v) is 5.63. The minimum Gasteiger partial charge on any atom is -0.478 e. The SMILES string of the molecule is CCCN1CCN(c2nc(=O)c3cc(C(F)(F)F)cc(C(=O)O)c3s2)CC1. The molecule has 1 aliphatic rings. The Morgan fingerprint density at radius 1 is 1.26 bits per heavy atom. The van der Waals surface area contributed by atoms with Crippen LogP contribution < -0.4 is 10.5 Å². The molecule has 1 fully saturated rings. The molecule has 0 saturated carbocycles. The van der Waals surface area contributed by atoms with E-state index in [1.54, 1.807) is 0 Å². The second-order valence-electron chi connectivity index (χ2n) is 6.33. The van der Waals surface area contributed by atoms with Gasteiger partial charge in [-0.05, 0) is 25.1 Å². The lowest BCUT2D eigenvalue weighted by atomic mass is 10.1. The number of aromatic nitrogens is 1. The molecule has 0 aliphatic carbocycles. The zero-order chi connectivity index (χ0) is 19.8. The van der Waals surface area contributed by atoms with Gasteiger partial charge in [0.15, 0.2) is 5.13 Å². The van der Waals surface area contributed by atoms with Gasteiger partial charge >= 0.3 is 12.1 Å². The molecule has 1 saturated heterocycles. The number of anilines is 1. The summed E-state index contributed by atoms with van der Waals surface area (Å²) >= 11 is 0.945. The fraction of sp³-hybridized carbons (Fsp3) is 0.471. The standard InChI is InChI=1S/C17H18F3N3O3S/c1-2-3-22-4-6-23(7-5-22)16-21-14(24)11-8-10(17(18,19)20)9-12(15(25)26)13(11)27-16/h8-9H,2-7H2,1H3,(H,25,26). The maximum atomic E-state index is 13.0. The Morgan fingerprint density at radius 3 is 2.48 bits per heavy atom. The predicted octanol–water partition coefficient (Wildman–Crippen LogP) is 2.91. The second kappa shape index (κ2) is 7.43. The molecule has 0 unspecified atom stereocenters. The summed E-state index contributed by atoms with van der Waals surface area (Å²) in [5.41, 5.74) is -2.54. The molecule has 146 valence electrons. The fourth-order valence-electron chi connectivity index (χ4n) is 3.10. The van der Waals surface area contributed by atoms with Gasteiger partial charge in [0.1, 0.15) is 0 Å². The molecule has 1 aliphatic heterocycles. The van der Waals surface area contributed by atoms with Gasteiger partial charge < -0.3 is 10.0 Å². The number of hydrogen-bond donors (Lipinski definition) is 1. The largest absolute Gasteiger partial charge is 0.478 e. The van der Waals surface area contributed by atoms with Gasteiger partial charge in [0.2, 0.25) is 0 Å². The first kappa shape index (κ1) is 19.6. The smallest absolute Gasteiger partial charge is 0.416 e. The number of halogens is 3. The molecule has 3 rings (SSSR count). The van der Waals surface area contributed by atoms with Gasteiger partial charge in [0, 0.05) is 26.2 Å². The van der Waals surface area contributed by atoms with Crippen LogP contribution in [0.15, 0.2) is 16.9 Å². The van der Waals surface area contributed by atoms with E-state index < -0.39 is 28.8 Å². The molecule has 2 heterocycles. The van der Waals surface area contributed by atoms with Gasteiger partial charge in [-0.15, -0.1) is 0 Å². The highest BCUT2D eigenvalue weighted by molar-refractivity contribution is 7.22. The van der Waals surface area contributed by atoms with Crippen LogP contribution >= 0.6 is 11.3 Å². The summed E-state index contributed by atoms with van der Waals surface area (Å²) in [6.07, 6.45) is -3.71. The highest BCUT2D eigenvalue weighted by atomic mass is 32.1. The van der Waals surface area contributed by atoms with Crippen LogP contribution in [0.2, 0.25) is 0 Å². The summed E-state index contributed by atoms with van der Waals surface area (Å²) in [4.78, 5) is 31.9. The molecular formula is C17H18F3N3O3S. The predicted molar refractivity (Wildman–Crippen MR) is 96.8 cm³/mol. The number of fused-ring (bicyclic) bond motifs is 1. The Morgan fingerprint density at radius 2 is 1.93 bits per heavy atom. The Balaban J connectivity index is 2.05. The average molecular weight is 401 g/mol. The van der Waals surface area contributed by atoms with Crippen LogP contribution in [0.1, 0.15) is 29.3 Å². The van der Waals surface area contributed by atoms with E-state index in [1.807, 2.05) is 4.90 Å². The number of hydrogen-bond acceptors (Lipinski definition) is 6. The van der Waals surface area contributed by atoms with Gasteiger partial charge in [-0.25, -0.2) is 4.79 Å². The summed E-state index contributed by atoms with van der Waals surface area (Å²) in [6, 6.07) is 1.25. The number of rotatable bonds is 4. The number of carboxylic acids is 1. The van der Waals surface area contributed by atoms with Crippen molar-refractivity contribution in [1.82, 2.24) is 9.88 Å². The highest BCUT2D eigenvalue weighted by Gasteiger charge is 2.33. The third kappa shape index (κ3) is 4.06. The van der Waals surface area contributed by atoms with E-state index in [1.165, 1.54) is 0 Å². The highest BCUT2D eigenvalue weighted by Crippen LogP contribution is 2.35. The third-order valence-electron chi connectivity index (χ3n) is 4.45. The minimum atomic E-state index is -4.75. The lowest BCUT2D eigenvalue weighted by Crippen LogP contribution is -2.46. The van der Waals surface area contributed by atoms with Crippen LogP contribution in [0.3, 0.4) is 0 Å². The fourth-order valence-corrected chi connectivity index (χ4v) is 4.23. The van der Waals surface area contributed by atoms with Gasteiger partial charge in [-0.2, -0.15) is 18.2 Å². The first-order valence-corrected chi connectivity index (χ1v) is 9.29. The van der Waals surface area contributed by atoms with Crippen LogP contribution in [-0.4, -0.2) is 53.7 Å². The van der Waals surface area contributed by atoms with Crippen molar-refractivity contribution in [1.29, 1.82) is 0 Å². The van der Waals surface area contributed by atoms with E-state index in [2.05, 4.69) is 16.8 Å². The molecule has 10 heteroatoms. The molecule has 27 heavy (non-hydrogen) atoms. The lowest BCUT2D eigenvalue weighted by molar-refractivity contribution is -0.137. The molecule has 0 amide bonds.